The van der Waals surface area contributed by atoms with Crippen molar-refractivity contribution in [3.05, 3.63) is 53.2 Å². The summed E-state index contributed by atoms with van der Waals surface area (Å²) >= 11 is 0. The number of nitrogens with one attached hydrogen (secondary N) is 1. The Morgan fingerprint density at radius 1 is 1.30 bits per heavy atom. The second-order valence-corrected chi connectivity index (χ2v) is 4.36. The number of carboxylic acids is 1. The van der Waals surface area contributed by atoms with Crippen LogP contribution < -0.4 is 5.32 Å². The molecule has 0 bridgehead atoms. The lowest BCUT2D eigenvalue weighted by Gasteiger charge is -2.11. The summed E-state index contributed by atoms with van der Waals surface area (Å²) < 4.78 is 5.32. The fourth-order valence-corrected chi connectivity index (χ4v) is 1.78. The van der Waals surface area contributed by atoms with Crippen LogP contribution in [0.4, 0.5) is 0 Å². The van der Waals surface area contributed by atoms with Crippen molar-refractivity contribution < 1.29 is 19.1 Å². The van der Waals surface area contributed by atoms with Gasteiger partial charge in [0.05, 0.1) is 17.3 Å². The van der Waals surface area contributed by atoms with Crippen LogP contribution in [0.2, 0.25) is 0 Å². The molecule has 1 heterocycles. The van der Waals surface area contributed by atoms with E-state index >= 15 is 0 Å². The average Bonchev–Trinajstić information content (AvgIpc) is 2.85. The van der Waals surface area contributed by atoms with Gasteiger partial charge in [0.1, 0.15) is 11.8 Å². The summed E-state index contributed by atoms with van der Waals surface area (Å²) in [4.78, 5) is 27.2. The minimum Gasteiger partial charge on any atom is -0.478 e. The van der Waals surface area contributed by atoms with E-state index in [0.717, 1.165) is 0 Å². The van der Waals surface area contributed by atoms with Gasteiger partial charge in [-0.05, 0) is 26.0 Å². The molecule has 0 fully saturated rings. The zero-order valence-electron chi connectivity index (χ0n) is 11.1. The predicted octanol–water partition coefficient (Wildman–Crippen LogP) is 2.17. The molecule has 0 saturated heterocycles. The quantitative estimate of drug-likeness (QED) is 0.891. The minimum absolute atomic E-state index is 0.0409. The maximum Gasteiger partial charge on any atom is 0.336 e. The number of nitrogens with zero attached hydrogens (tertiary/aromatic N) is 1. The van der Waals surface area contributed by atoms with Crippen LogP contribution in [0.15, 0.2) is 34.9 Å². The molecular weight excluding hydrogens is 260 g/mol. The maximum atomic E-state index is 12.1. The molecule has 1 amide bonds. The van der Waals surface area contributed by atoms with Crippen LogP contribution in [0, 0.1) is 6.92 Å². The summed E-state index contributed by atoms with van der Waals surface area (Å²) in [6.45, 7) is 3.47. The van der Waals surface area contributed by atoms with E-state index in [0.29, 0.717) is 11.7 Å². The van der Waals surface area contributed by atoms with Crippen LogP contribution >= 0.6 is 0 Å². The van der Waals surface area contributed by atoms with Crippen molar-refractivity contribution in [1.82, 2.24) is 10.3 Å². The smallest absolute Gasteiger partial charge is 0.336 e. The summed E-state index contributed by atoms with van der Waals surface area (Å²) in [5.41, 5.74) is 0.0657. The first kappa shape index (κ1) is 13.8. The number of aromatic carboxylic acids is 1. The van der Waals surface area contributed by atoms with Gasteiger partial charge in [0.15, 0.2) is 0 Å². The number of aryl methyl sites for hydroxylation is 1. The SMILES string of the molecule is Cc1cnc(C(C)NC(=O)c2ccccc2C(=O)O)o1. The summed E-state index contributed by atoms with van der Waals surface area (Å²) in [5, 5.41) is 11.7. The van der Waals surface area contributed by atoms with Gasteiger partial charge in [-0.1, -0.05) is 12.1 Å². The second-order valence-electron chi connectivity index (χ2n) is 4.36. The molecule has 0 radical (unpaired) electrons. The van der Waals surface area contributed by atoms with Gasteiger partial charge in [-0.15, -0.1) is 0 Å². The molecule has 6 heteroatoms. The predicted molar refractivity (Wildman–Crippen MR) is 70.5 cm³/mol. The molecule has 0 spiro atoms. The number of carbonyl (C=O) groups excluding carboxylic acids is 1. The van der Waals surface area contributed by atoms with Crippen LogP contribution in [0.1, 0.15) is 45.3 Å². The van der Waals surface area contributed by atoms with E-state index in [1.807, 2.05) is 0 Å². The van der Waals surface area contributed by atoms with E-state index in [-0.39, 0.29) is 11.1 Å². The largest absolute Gasteiger partial charge is 0.478 e. The Morgan fingerprint density at radius 3 is 2.50 bits per heavy atom. The molecule has 1 unspecified atom stereocenters. The number of carboxylic acid groups (broad SMARTS) is 1. The van der Waals surface area contributed by atoms with Crippen molar-refractivity contribution in [3.63, 3.8) is 0 Å². The Kier molecular flexibility index (Phi) is 3.84. The standard InChI is InChI=1S/C14H14N2O4/c1-8-7-15-13(20-8)9(2)16-12(17)10-5-3-4-6-11(10)14(18)19/h3-7,9H,1-2H3,(H,16,17)(H,18,19). The third kappa shape index (κ3) is 2.85. The fourth-order valence-electron chi connectivity index (χ4n) is 1.78. The number of oxazole rings is 1. The van der Waals surface area contributed by atoms with Gasteiger partial charge in [-0.3, -0.25) is 4.79 Å². The first-order valence-corrected chi connectivity index (χ1v) is 6.04. The minimum atomic E-state index is -1.14. The molecular formula is C14H14N2O4. The van der Waals surface area contributed by atoms with Gasteiger partial charge in [0.25, 0.3) is 5.91 Å². The molecule has 2 aromatic rings. The highest BCUT2D eigenvalue weighted by Gasteiger charge is 2.19. The Hall–Kier alpha value is -2.63. The molecule has 1 aromatic heterocycles. The highest BCUT2D eigenvalue weighted by molar-refractivity contribution is 6.04. The summed E-state index contributed by atoms with van der Waals surface area (Å²) in [7, 11) is 0. The van der Waals surface area contributed by atoms with Crippen molar-refractivity contribution in [3.8, 4) is 0 Å². The van der Waals surface area contributed by atoms with Gasteiger partial charge in [0.2, 0.25) is 5.89 Å². The molecule has 2 rings (SSSR count). The number of aromatic nitrogens is 1. The van der Waals surface area contributed by atoms with E-state index < -0.39 is 17.9 Å². The van der Waals surface area contributed by atoms with Crippen molar-refractivity contribution in [1.29, 1.82) is 0 Å². The van der Waals surface area contributed by atoms with Crippen molar-refractivity contribution >= 4 is 11.9 Å². The summed E-state index contributed by atoms with van der Waals surface area (Å²) in [6, 6.07) is 5.59. The van der Waals surface area contributed by atoms with Crippen LogP contribution in [-0.2, 0) is 0 Å². The van der Waals surface area contributed by atoms with Gasteiger partial charge >= 0.3 is 5.97 Å². The lowest BCUT2D eigenvalue weighted by atomic mass is 10.1. The molecule has 1 aromatic carbocycles. The highest BCUT2D eigenvalue weighted by Crippen LogP contribution is 2.14. The molecule has 1 atom stereocenters. The molecule has 2 N–H and O–H groups in total. The number of hydrogen-bond donors (Lipinski definition) is 2. The van der Waals surface area contributed by atoms with Crippen LogP contribution in [-0.4, -0.2) is 22.0 Å². The average molecular weight is 274 g/mol. The van der Waals surface area contributed by atoms with Gasteiger partial charge in [-0.2, -0.15) is 0 Å². The fraction of sp³-hybridized carbons (Fsp3) is 0.214. The number of hydrogen-bond acceptors (Lipinski definition) is 4. The molecule has 0 aliphatic rings. The number of benzene rings is 1. The summed E-state index contributed by atoms with van der Waals surface area (Å²) in [5.74, 6) is -0.600. The van der Waals surface area contributed by atoms with Gasteiger partial charge in [-0.25, -0.2) is 9.78 Å². The second kappa shape index (κ2) is 5.56. The van der Waals surface area contributed by atoms with Crippen LogP contribution in [0.3, 0.4) is 0 Å². The molecule has 20 heavy (non-hydrogen) atoms. The normalized spacial score (nSPS) is 11.9. The van der Waals surface area contributed by atoms with Crippen molar-refractivity contribution in [2.45, 2.75) is 19.9 Å². The highest BCUT2D eigenvalue weighted by atomic mass is 16.4. The molecule has 104 valence electrons. The first-order chi connectivity index (χ1) is 9.49. The Labute approximate surface area is 115 Å². The molecule has 0 aliphatic carbocycles. The van der Waals surface area contributed by atoms with E-state index in [1.165, 1.54) is 12.1 Å². The molecule has 0 aliphatic heterocycles. The van der Waals surface area contributed by atoms with E-state index in [1.54, 1.807) is 32.2 Å². The zero-order valence-corrected chi connectivity index (χ0v) is 11.1. The van der Waals surface area contributed by atoms with Crippen LogP contribution in [0.5, 0.6) is 0 Å². The third-order valence-corrected chi connectivity index (χ3v) is 2.76. The van der Waals surface area contributed by atoms with E-state index in [9.17, 15) is 9.59 Å². The molecule has 0 saturated carbocycles. The topological polar surface area (TPSA) is 92.4 Å². The van der Waals surface area contributed by atoms with Gasteiger partial charge < -0.3 is 14.8 Å². The van der Waals surface area contributed by atoms with Crippen LogP contribution in [0.25, 0.3) is 0 Å². The van der Waals surface area contributed by atoms with E-state index in [2.05, 4.69) is 10.3 Å². The Morgan fingerprint density at radius 2 is 1.95 bits per heavy atom. The first-order valence-electron chi connectivity index (χ1n) is 6.04. The zero-order chi connectivity index (χ0) is 14.7. The summed E-state index contributed by atoms with van der Waals surface area (Å²) in [6.07, 6.45) is 1.56. The Bertz CT molecular complexity index is 648. The lowest BCUT2D eigenvalue weighted by Crippen LogP contribution is -2.28. The number of amides is 1. The lowest BCUT2D eigenvalue weighted by molar-refractivity contribution is 0.0690. The number of carbonyl (C=O) groups is 2. The monoisotopic (exact) mass is 274 g/mol. The Balaban J connectivity index is 2.18. The van der Waals surface area contributed by atoms with Crippen molar-refractivity contribution in [2.75, 3.05) is 0 Å². The van der Waals surface area contributed by atoms with Crippen molar-refractivity contribution in [2.24, 2.45) is 0 Å². The van der Waals surface area contributed by atoms with Gasteiger partial charge in [0, 0.05) is 0 Å². The maximum absolute atomic E-state index is 12.1. The molecule has 6 nitrogen and oxygen atoms in total. The number of rotatable bonds is 4. The van der Waals surface area contributed by atoms with E-state index in [4.69, 9.17) is 9.52 Å². The third-order valence-electron chi connectivity index (χ3n) is 2.76.